The zero-order chi connectivity index (χ0) is 23.5. The second-order valence-corrected chi connectivity index (χ2v) is 9.86. The SMILES string of the molecule is O=C(NCc1cccc(C(=O)N2CCCC2)c1)C1CC2CCCCC2N1C(=O)c1ccccc1. The van der Waals surface area contributed by atoms with E-state index in [4.69, 9.17) is 0 Å². The summed E-state index contributed by atoms with van der Waals surface area (Å²) in [6.45, 7) is 1.98. The standard InChI is InChI=1S/C28H33N3O3/c32-26(29-19-20-9-8-13-23(17-20)27(33)30-15-6-7-16-30)25-18-22-12-4-5-14-24(22)31(25)28(34)21-10-2-1-3-11-21/h1-3,8-11,13,17,22,24-25H,4-7,12,14-16,18-19H2,(H,29,32). The maximum Gasteiger partial charge on any atom is 0.254 e. The molecular formula is C28H33N3O3. The fraction of sp³-hybridized carbons (Fsp3) is 0.464. The molecule has 6 heteroatoms. The van der Waals surface area contributed by atoms with Crippen LogP contribution in [0.5, 0.6) is 0 Å². The number of nitrogens with zero attached hydrogens (tertiary/aromatic N) is 2. The van der Waals surface area contributed by atoms with Crippen LogP contribution in [0.4, 0.5) is 0 Å². The predicted molar refractivity (Wildman–Crippen MR) is 130 cm³/mol. The molecule has 1 saturated carbocycles. The lowest BCUT2D eigenvalue weighted by atomic mass is 9.84. The van der Waals surface area contributed by atoms with E-state index in [1.165, 1.54) is 6.42 Å². The molecule has 0 bridgehead atoms. The number of rotatable bonds is 5. The Kier molecular flexibility index (Phi) is 6.66. The minimum absolute atomic E-state index is 0.0478. The molecule has 0 aromatic heterocycles. The van der Waals surface area contributed by atoms with Crippen molar-refractivity contribution in [1.29, 1.82) is 0 Å². The summed E-state index contributed by atoms with van der Waals surface area (Å²) in [6, 6.07) is 16.5. The minimum Gasteiger partial charge on any atom is -0.350 e. The molecule has 1 N–H and O–H groups in total. The molecular weight excluding hydrogens is 426 g/mol. The Bertz CT molecular complexity index is 1050. The third-order valence-electron chi connectivity index (χ3n) is 7.68. The summed E-state index contributed by atoms with van der Waals surface area (Å²) in [4.78, 5) is 43.3. The number of likely N-dealkylation sites (tertiary alicyclic amines) is 2. The number of nitrogens with one attached hydrogen (secondary N) is 1. The molecule has 2 aromatic rings. The second kappa shape index (κ2) is 10.00. The molecule has 2 aromatic carbocycles. The number of carbonyl (C=O) groups excluding carboxylic acids is 3. The van der Waals surface area contributed by atoms with E-state index in [0.29, 0.717) is 23.6 Å². The smallest absolute Gasteiger partial charge is 0.254 e. The molecule has 3 unspecified atom stereocenters. The van der Waals surface area contributed by atoms with Gasteiger partial charge in [-0.25, -0.2) is 0 Å². The summed E-state index contributed by atoms with van der Waals surface area (Å²) >= 11 is 0. The van der Waals surface area contributed by atoms with Crippen molar-refractivity contribution in [3.63, 3.8) is 0 Å². The molecule has 178 valence electrons. The fourth-order valence-corrected chi connectivity index (χ4v) is 5.94. The van der Waals surface area contributed by atoms with Crippen molar-refractivity contribution in [2.24, 2.45) is 5.92 Å². The van der Waals surface area contributed by atoms with E-state index >= 15 is 0 Å². The molecule has 0 spiro atoms. The number of amides is 3. The van der Waals surface area contributed by atoms with Crippen LogP contribution in [0.3, 0.4) is 0 Å². The lowest BCUT2D eigenvalue weighted by Gasteiger charge is -2.33. The Morgan fingerprint density at radius 3 is 2.35 bits per heavy atom. The van der Waals surface area contributed by atoms with E-state index in [1.54, 1.807) is 0 Å². The maximum atomic E-state index is 13.4. The molecule has 5 rings (SSSR count). The van der Waals surface area contributed by atoms with Crippen molar-refractivity contribution in [3.8, 4) is 0 Å². The molecule has 3 atom stereocenters. The first kappa shape index (κ1) is 22.6. The Hall–Kier alpha value is -3.15. The molecule has 6 nitrogen and oxygen atoms in total. The normalized spacial score (nSPS) is 24.1. The summed E-state index contributed by atoms with van der Waals surface area (Å²) in [5.74, 6) is 0.298. The van der Waals surface area contributed by atoms with E-state index < -0.39 is 6.04 Å². The van der Waals surface area contributed by atoms with Crippen LogP contribution in [0.25, 0.3) is 0 Å². The van der Waals surface area contributed by atoms with Gasteiger partial charge in [-0.05, 0) is 67.9 Å². The van der Waals surface area contributed by atoms with Gasteiger partial charge in [0.05, 0.1) is 0 Å². The Labute approximate surface area is 201 Å². The van der Waals surface area contributed by atoms with Crippen molar-refractivity contribution >= 4 is 17.7 Å². The van der Waals surface area contributed by atoms with Crippen molar-refractivity contribution in [2.45, 2.75) is 63.6 Å². The lowest BCUT2D eigenvalue weighted by molar-refractivity contribution is -0.125. The van der Waals surface area contributed by atoms with E-state index in [9.17, 15) is 14.4 Å². The average molecular weight is 460 g/mol. The van der Waals surface area contributed by atoms with Crippen molar-refractivity contribution in [3.05, 3.63) is 71.3 Å². The van der Waals surface area contributed by atoms with Gasteiger partial charge < -0.3 is 15.1 Å². The summed E-state index contributed by atoms with van der Waals surface area (Å²) in [7, 11) is 0. The number of fused-ring (bicyclic) bond motifs is 1. The summed E-state index contributed by atoms with van der Waals surface area (Å²) in [6.07, 6.45) is 7.16. The third kappa shape index (κ3) is 4.59. The fourth-order valence-electron chi connectivity index (χ4n) is 5.94. The highest BCUT2D eigenvalue weighted by Crippen LogP contribution is 2.40. The van der Waals surface area contributed by atoms with Crippen molar-refractivity contribution in [1.82, 2.24) is 15.1 Å². The minimum atomic E-state index is -0.449. The highest BCUT2D eigenvalue weighted by Gasteiger charge is 2.47. The molecule has 2 saturated heterocycles. The Balaban J connectivity index is 1.29. The first-order valence-corrected chi connectivity index (χ1v) is 12.7. The first-order valence-electron chi connectivity index (χ1n) is 12.7. The van der Waals surface area contributed by atoms with Gasteiger partial charge in [0.15, 0.2) is 0 Å². The van der Waals surface area contributed by atoms with Gasteiger partial charge in [0.1, 0.15) is 6.04 Å². The first-order chi connectivity index (χ1) is 16.6. The van der Waals surface area contributed by atoms with Crippen LogP contribution >= 0.6 is 0 Å². The number of benzene rings is 2. The number of carbonyl (C=O) groups is 3. The number of hydrogen-bond donors (Lipinski definition) is 1. The molecule has 3 amide bonds. The van der Waals surface area contributed by atoms with Crippen LogP contribution in [0.1, 0.15) is 71.2 Å². The summed E-state index contributed by atoms with van der Waals surface area (Å²) in [5.41, 5.74) is 2.20. The zero-order valence-corrected chi connectivity index (χ0v) is 19.6. The van der Waals surface area contributed by atoms with Crippen LogP contribution in [0.2, 0.25) is 0 Å². The van der Waals surface area contributed by atoms with Gasteiger partial charge in [-0.2, -0.15) is 0 Å². The Morgan fingerprint density at radius 2 is 1.56 bits per heavy atom. The second-order valence-electron chi connectivity index (χ2n) is 9.86. The van der Waals surface area contributed by atoms with Gasteiger partial charge in [-0.15, -0.1) is 0 Å². The van der Waals surface area contributed by atoms with Gasteiger partial charge >= 0.3 is 0 Å². The molecule has 0 radical (unpaired) electrons. The summed E-state index contributed by atoms with van der Waals surface area (Å²) < 4.78 is 0. The van der Waals surface area contributed by atoms with Crippen LogP contribution in [-0.2, 0) is 11.3 Å². The van der Waals surface area contributed by atoms with Crippen molar-refractivity contribution in [2.75, 3.05) is 13.1 Å². The number of hydrogen-bond acceptors (Lipinski definition) is 3. The molecule has 3 fully saturated rings. The molecule has 3 aliphatic rings. The maximum absolute atomic E-state index is 13.4. The van der Waals surface area contributed by atoms with E-state index in [1.807, 2.05) is 64.4 Å². The average Bonchev–Trinajstić information content (AvgIpc) is 3.56. The summed E-state index contributed by atoms with van der Waals surface area (Å²) in [5, 5.41) is 3.06. The topological polar surface area (TPSA) is 69.7 Å². The zero-order valence-electron chi connectivity index (χ0n) is 19.6. The van der Waals surface area contributed by atoms with Gasteiger partial charge in [-0.1, -0.05) is 43.2 Å². The van der Waals surface area contributed by atoms with Crippen LogP contribution in [0.15, 0.2) is 54.6 Å². The Morgan fingerprint density at radius 1 is 0.824 bits per heavy atom. The van der Waals surface area contributed by atoms with Gasteiger partial charge in [0, 0.05) is 36.8 Å². The predicted octanol–water partition coefficient (Wildman–Crippen LogP) is 4.01. The lowest BCUT2D eigenvalue weighted by Crippen LogP contribution is -2.49. The van der Waals surface area contributed by atoms with E-state index in [-0.39, 0.29) is 23.8 Å². The largest absolute Gasteiger partial charge is 0.350 e. The monoisotopic (exact) mass is 459 g/mol. The van der Waals surface area contributed by atoms with Gasteiger partial charge in [-0.3, -0.25) is 14.4 Å². The molecule has 34 heavy (non-hydrogen) atoms. The molecule has 2 aliphatic heterocycles. The van der Waals surface area contributed by atoms with E-state index in [2.05, 4.69) is 5.32 Å². The third-order valence-corrected chi connectivity index (χ3v) is 7.68. The van der Waals surface area contributed by atoms with Crippen LogP contribution in [-0.4, -0.2) is 52.7 Å². The molecule has 1 aliphatic carbocycles. The quantitative estimate of drug-likeness (QED) is 0.735. The highest BCUT2D eigenvalue weighted by atomic mass is 16.2. The van der Waals surface area contributed by atoms with Crippen LogP contribution in [0, 0.1) is 5.92 Å². The van der Waals surface area contributed by atoms with Gasteiger partial charge in [0.25, 0.3) is 11.8 Å². The highest BCUT2D eigenvalue weighted by molar-refractivity contribution is 5.98. The van der Waals surface area contributed by atoms with Crippen molar-refractivity contribution < 1.29 is 14.4 Å². The molecule has 2 heterocycles. The van der Waals surface area contributed by atoms with Crippen LogP contribution < -0.4 is 5.32 Å². The van der Waals surface area contributed by atoms with Gasteiger partial charge in [0.2, 0.25) is 5.91 Å². The van der Waals surface area contributed by atoms with E-state index in [0.717, 1.165) is 57.2 Å².